The highest BCUT2D eigenvalue weighted by atomic mass is 32.2. The van der Waals surface area contributed by atoms with Gasteiger partial charge in [-0.25, -0.2) is 17.6 Å². The summed E-state index contributed by atoms with van der Waals surface area (Å²) in [6, 6.07) is 8.20. The molecule has 1 aliphatic rings. The molecule has 3 rings (SSSR count). The topological polar surface area (TPSA) is 100 Å². The van der Waals surface area contributed by atoms with Crippen LogP contribution in [0.25, 0.3) is 0 Å². The number of nitrogens with one attached hydrogen (secondary N) is 2. The molecule has 0 bridgehead atoms. The lowest BCUT2D eigenvalue weighted by atomic mass is 10.1. The average Bonchev–Trinajstić information content (AvgIpc) is 2.85. The maximum atomic E-state index is 13.6. The van der Waals surface area contributed by atoms with Crippen LogP contribution in [-0.4, -0.2) is 70.5 Å². The van der Waals surface area contributed by atoms with Crippen LogP contribution in [0, 0.1) is 5.82 Å². The minimum Gasteiger partial charge on any atom is -0.484 e. The molecule has 2 atom stereocenters. The first-order chi connectivity index (χ1) is 18.4. The van der Waals surface area contributed by atoms with E-state index in [1.165, 1.54) is 18.2 Å². The van der Waals surface area contributed by atoms with E-state index in [1.807, 2.05) is 25.9 Å². The number of rotatable bonds is 9. The van der Waals surface area contributed by atoms with Crippen LogP contribution < -0.4 is 19.7 Å². The summed E-state index contributed by atoms with van der Waals surface area (Å²) in [5.41, 5.74) is -2.09. The summed E-state index contributed by atoms with van der Waals surface area (Å²) >= 11 is 0. The lowest BCUT2D eigenvalue weighted by Crippen LogP contribution is -2.48. The second-order valence-electron chi connectivity index (χ2n) is 9.98. The largest absolute Gasteiger partial charge is 0.484 e. The molecule has 14 heteroatoms. The van der Waals surface area contributed by atoms with Crippen molar-refractivity contribution in [2.75, 3.05) is 36.8 Å². The van der Waals surface area contributed by atoms with Crippen molar-refractivity contribution < 1.29 is 40.2 Å². The van der Waals surface area contributed by atoms with E-state index in [9.17, 15) is 30.8 Å². The van der Waals surface area contributed by atoms with Crippen LogP contribution in [-0.2, 0) is 14.8 Å². The number of hydrogen-bond acceptors (Lipinski definition) is 7. The first-order valence-electron chi connectivity index (χ1n) is 12.2. The third-order valence-electron chi connectivity index (χ3n) is 6.40. The number of halogens is 4. The lowest BCUT2D eigenvalue weighted by molar-refractivity contribution is -0.242. The van der Waals surface area contributed by atoms with Crippen molar-refractivity contribution >= 4 is 27.5 Å². The molecule has 1 unspecified atom stereocenters. The van der Waals surface area contributed by atoms with E-state index in [1.54, 1.807) is 0 Å². The number of alkyl halides is 3. The van der Waals surface area contributed by atoms with Crippen LogP contribution >= 0.6 is 0 Å². The Morgan fingerprint density at radius 2 is 1.82 bits per heavy atom. The Balaban J connectivity index is 1.92. The van der Waals surface area contributed by atoms with E-state index in [0.717, 1.165) is 28.6 Å². The molecule has 0 radical (unpaired) electrons. The molecule has 1 aliphatic heterocycles. The second kappa shape index (κ2) is 11.5. The van der Waals surface area contributed by atoms with Crippen molar-refractivity contribution in [3.05, 3.63) is 60.6 Å². The molecule has 1 amide bonds. The van der Waals surface area contributed by atoms with Gasteiger partial charge in [-0.15, -0.1) is 0 Å². The van der Waals surface area contributed by atoms with E-state index >= 15 is 0 Å². The Labute approximate surface area is 230 Å². The van der Waals surface area contributed by atoms with Crippen molar-refractivity contribution in [3.8, 4) is 5.75 Å². The Kier molecular flexibility index (Phi) is 8.94. The van der Waals surface area contributed by atoms with Crippen molar-refractivity contribution in [2.45, 2.75) is 49.6 Å². The van der Waals surface area contributed by atoms with Crippen LogP contribution in [0.3, 0.4) is 0 Å². The molecule has 2 N–H and O–H groups in total. The van der Waals surface area contributed by atoms with Gasteiger partial charge in [0.05, 0.1) is 23.7 Å². The monoisotopic (exact) mass is 588 g/mol. The third-order valence-corrected chi connectivity index (χ3v) is 8.20. The Bertz CT molecular complexity index is 1350. The summed E-state index contributed by atoms with van der Waals surface area (Å²) in [5, 5.41) is 5.35. The molecule has 9 nitrogen and oxygen atoms in total. The number of hydrogen-bond donors (Lipinski definition) is 2. The average molecular weight is 589 g/mol. The van der Waals surface area contributed by atoms with Crippen molar-refractivity contribution in [1.82, 2.24) is 10.2 Å². The maximum absolute atomic E-state index is 13.6. The Morgan fingerprint density at radius 1 is 1.20 bits per heavy atom. The van der Waals surface area contributed by atoms with Crippen LogP contribution in [0.1, 0.15) is 20.8 Å². The molecule has 1 heterocycles. The lowest BCUT2D eigenvalue weighted by Gasteiger charge is -2.36. The number of carbonyl (C=O) groups is 1. The fourth-order valence-electron chi connectivity index (χ4n) is 3.59. The zero-order valence-electron chi connectivity index (χ0n) is 22.7. The highest BCUT2D eigenvalue weighted by Crippen LogP contribution is 2.39. The number of sulfonamides is 1. The summed E-state index contributed by atoms with van der Waals surface area (Å²) in [5.74, 6) is -0.478. The van der Waals surface area contributed by atoms with Gasteiger partial charge in [-0.3, -0.25) is 9.62 Å². The van der Waals surface area contributed by atoms with Crippen molar-refractivity contribution in [3.63, 3.8) is 0 Å². The second-order valence-corrected chi connectivity index (χ2v) is 11.8. The van der Waals surface area contributed by atoms with Crippen LogP contribution in [0.2, 0.25) is 0 Å². The molecular weight excluding hydrogens is 556 g/mol. The van der Waals surface area contributed by atoms with Gasteiger partial charge >= 0.3 is 12.3 Å². The third kappa shape index (κ3) is 6.97. The Hall–Kier alpha value is -3.52. The van der Waals surface area contributed by atoms with E-state index in [2.05, 4.69) is 21.9 Å². The van der Waals surface area contributed by atoms with Crippen molar-refractivity contribution in [2.24, 2.45) is 0 Å². The number of amides is 1. The molecule has 0 aromatic heterocycles. The predicted molar refractivity (Wildman–Crippen MR) is 142 cm³/mol. The molecule has 220 valence electrons. The van der Waals surface area contributed by atoms with E-state index in [4.69, 9.17) is 4.74 Å². The molecule has 40 heavy (non-hydrogen) atoms. The summed E-state index contributed by atoms with van der Waals surface area (Å²) in [6.45, 7) is 7.38. The van der Waals surface area contributed by atoms with Gasteiger partial charge in [0.15, 0.2) is 0 Å². The highest BCUT2D eigenvalue weighted by Gasteiger charge is 2.51. The Morgan fingerprint density at radius 3 is 2.40 bits per heavy atom. The fraction of sp³-hybridized carbons (Fsp3) is 0.423. The fourth-order valence-corrected chi connectivity index (χ4v) is 5.09. The number of benzene rings is 2. The minimum atomic E-state index is -4.81. The van der Waals surface area contributed by atoms with Gasteiger partial charge in [0.1, 0.15) is 17.7 Å². The van der Waals surface area contributed by atoms with E-state index in [0.29, 0.717) is 19.5 Å². The molecule has 2 aromatic carbocycles. The van der Waals surface area contributed by atoms with Gasteiger partial charge in [-0.1, -0.05) is 6.58 Å². The molecule has 0 spiro atoms. The first kappa shape index (κ1) is 31.0. The van der Waals surface area contributed by atoms with Gasteiger partial charge in [0.2, 0.25) is 5.60 Å². The molecule has 0 aliphatic carbocycles. The van der Waals surface area contributed by atoms with Gasteiger partial charge < -0.3 is 19.7 Å². The SMILES string of the molecule is C=C(NC[C@H]1CN(S(=O)(=O)c2ccc(F)cc2)c2cc(NC(=O)OC(C)(C)C(F)(F)F)ccc2O1)C(C)N(C)C. The van der Waals surface area contributed by atoms with Gasteiger partial charge in [0.25, 0.3) is 10.0 Å². The number of nitrogens with zero attached hydrogens (tertiary/aromatic N) is 2. The summed E-state index contributed by atoms with van der Waals surface area (Å²) < 4.78 is 91.8. The van der Waals surface area contributed by atoms with Gasteiger partial charge in [-0.2, -0.15) is 13.2 Å². The first-order valence-corrected chi connectivity index (χ1v) is 13.6. The number of anilines is 2. The number of likely N-dealkylation sites (N-methyl/N-ethyl adjacent to an activating group) is 1. The molecule has 0 saturated carbocycles. The van der Waals surface area contributed by atoms with Crippen LogP contribution in [0.4, 0.5) is 33.7 Å². The molecule has 0 fully saturated rings. The zero-order chi connectivity index (χ0) is 30.0. The standard InChI is InChI=1S/C26H32F4N4O5S/c1-16(17(2)33(5)6)31-14-20-15-34(40(36,37)21-10-7-18(27)8-11-21)22-13-19(9-12-23(22)38-20)32-24(35)39-25(3,4)26(28,29)30/h7-13,17,20,31H,1,14-15H2,2-6H3,(H,32,35)/t17?,20-/m0/s1. The quantitative estimate of drug-likeness (QED) is 0.409. The highest BCUT2D eigenvalue weighted by molar-refractivity contribution is 7.92. The predicted octanol–water partition coefficient (Wildman–Crippen LogP) is 4.72. The van der Waals surface area contributed by atoms with E-state index in [-0.39, 0.29) is 41.2 Å². The van der Waals surface area contributed by atoms with Gasteiger partial charge in [0, 0.05) is 17.4 Å². The van der Waals surface area contributed by atoms with Gasteiger partial charge in [-0.05, 0) is 77.3 Å². The summed E-state index contributed by atoms with van der Waals surface area (Å²) in [6.07, 6.45) is -6.88. The van der Waals surface area contributed by atoms with Crippen LogP contribution in [0.5, 0.6) is 5.75 Å². The van der Waals surface area contributed by atoms with Crippen LogP contribution in [0.15, 0.2) is 59.6 Å². The normalized spacial score (nSPS) is 16.6. The maximum Gasteiger partial charge on any atom is 0.427 e. The number of fused-ring (bicyclic) bond motifs is 1. The zero-order valence-corrected chi connectivity index (χ0v) is 23.5. The number of ether oxygens (including phenoxy) is 2. The molecular formula is C26H32F4N4O5S. The van der Waals surface area contributed by atoms with Crippen molar-refractivity contribution in [1.29, 1.82) is 0 Å². The summed E-state index contributed by atoms with van der Waals surface area (Å²) in [4.78, 5) is 14.0. The molecule has 2 aromatic rings. The van der Waals surface area contributed by atoms with E-state index < -0.39 is 39.8 Å². The smallest absolute Gasteiger partial charge is 0.427 e. The minimum absolute atomic E-state index is 0.0222. The number of carbonyl (C=O) groups excluding carboxylic acids is 1. The summed E-state index contributed by atoms with van der Waals surface area (Å²) in [7, 11) is -0.487. The molecule has 0 saturated heterocycles.